The van der Waals surface area contributed by atoms with Crippen LogP contribution in [0.4, 0.5) is 0 Å². The molecule has 0 saturated carbocycles. The first-order valence-corrected chi connectivity index (χ1v) is 9.87. The Morgan fingerprint density at radius 3 is 2.52 bits per heavy atom. The summed E-state index contributed by atoms with van der Waals surface area (Å²) in [5.74, 6) is 1.17. The summed E-state index contributed by atoms with van der Waals surface area (Å²) < 4.78 is 5.38. The minimum absolute atomic E-state index is 0.0208. The second-order valence-corrected chi connectivity index (χ2v) is 7.94. The van der Waals surface area contributed by atoms with E-state index in [0.717, 1.165) is 43.7 Å². The highest BCUT2D eigenvalue weighted by molar-refractivity contribution is 5.85. The molecule has 148 valence electrons. The monoisotopic (exact) mass is 373 g/mol. The van der Waals surface area contributed by atoms with E-state index in [2.05, 4.69) is 17.3 Å². The van der Waals surface area contributed by atoms with Crippen LogP contribution in [0.5, 0.6) is 5.75 Å². The van der Waals surface area contributed by atoms with Gasteiger partial charge in [-0.1, -0.05) is 18.2 Å². The molecule has 3 rings (SSSR count). The summed E-state index contributed by atoms with van der Waals surface area (Å²) in [7, 11) is 3.75. The van der Waals surface area contributed by atoms with E-state index in [4.69, 9.17) is 4.74 Å². The summed E-state index contributed by atoms with van der Waals surface area (Å²) in [6.07, 6.45) is 2.58. The van der Waals surface area contributed by atoms with Crippen molar-refractivity contribution in [2.24, 2.45) is 11.8 Å². The van der Waals surface area contributed by atoms with Gasteiger partial charge in [-0.15, -0.1) is 0 Å². The molecule has 2 fully saturated rings. The first-order chi connectivity index (χ1) is 13.0. The van der Waals surface area contributed by atoms with E-state index in [0.29, 0.717) is 13.1 Å². The van der Waals surface area contributed by atoms with Crippen LogP contribution in [0, 0.1) is 11.8 Å². The molecule has 2 saturated heterocycles. The zero-order valence-corrected chi connectivity index (χ0v) is 16.6. The lowest BCUT2D eigenvalue weighted by Gasteiger charge is -2.41. The van der Waals surface area contributed by atoms with Gasteiger partial charge in [-0.25, -0.2) is 0 Å². The van der Waals surface area contributed by atoms with Crippen molar-refractivity contribution in [2.45, 2.75) is 32.2 Å². The summed E-state index contributed by atoms with van der Waals surface area (Å²) in [6, 6.07) is 7.89. The number of methoxy groups -OCH3 is 1. The third kappa shape index (κ3) is 4.80. The van der Waals surface area contributed by atoms with Gasteiger partial charge in [-0.3, -0.25) is 9.59 Å². The second kappa shape index (κ2) is 8.74. The van der Waals surface area contributed by atoms with Crippen LogP contribution >= 0.6 is 0 Å². The Bertz CT molecular complexity index is 664. The number of para-hydroxylation sites is 1. The van der Waals surface area contributed by atoms with E-state index in [1.54, 1.807) is 7.11 Å². The van der Waals surface area contributed by atoms with Crippen molar-refractivity contribution in [3.63, 3.8) is 0 Å². The molecule has 0 spiro atoms. The summed E-state index contributed by atoms with van der Waals surface area (Å²) >= 11 is 0. The first-order valence-electron chi connectivity index (χ1n) is 9.87. The summed E-state index contributed by atoms with van der Waals surface area (Å²) in [5, 5.41) is 3.09. The zero-order chi connectivity index (χ0) is 19.4. The van der Waals surface area contributed by atoms with Crippen LogP contribution in [0.2, 0.25) is 0 Å². The molecule has 1 atom stereocenters. The molecular formula is C21H31N3O3. The predicted octanol–water partition coefficient (Wildman–Crippen LogP) is 1.54. The number of carbonyl (C=O) groups is 2. The summed E-state index contributed by atoms with van der Waals surface area (Å²) in [6.45, 7) is 5.07. The maximum absolute atomic E-state index is 12.6. The van der Waals surface area contributed by atoms with Gasteiger partial charge in [0.25, 0.3) is 0 Å². The topological polar surface area (TPSA) is 61.9 Å². The highest BCUT2D eigenvalue weighted by Crippen LogP contribution is 2.25. The number of hydrogen-bond donors (Lipinski definition) is 1. The van der Waals surface area contributed by atoms with Crippen LogP contribution in [0.1, 0.15) is 25.3 Å². The van der Waals surface area contributed by atoms with Crippen LogP contribution < -0.4 is 10.1 Å². The van der Waals surface area contributed by atoms with Gasteiger partial charge in [0.1, 0.15) is 5.75 Å². The van der Waals surface area contributed by atoms with E-state index in [-0.39, 0.29) is 29.7 Å². The van der Waals surface area contributed by atoms with Crippen LogP contribution in [0.25, 0.3) is 0 Å². The number of benzene rings is 1. The van der Waals surface area contributed by atoms with Crippen molar-refractivity contribution in [2.75, 3.05) is 40.3 Å². The molecular weight excluding hydrogens is 342 g/mol. The molecule has 0 radical (unpaired) electrons. The van der Waals surface area contributed by atoms with Crippen LogP contribution in [0.15, 0.2) is 24.3 Å². The third-order valence-corrected chi connectivity index (χ3v) is 5.74. The van der Waals surface area contributed by atoms with E-state index in [9.17, 15) is 9.59 Å². The van der Waals surface area contributed by atoms with Gasteiger partial charge < -0.3 is 19.9 Å². The average Bonchev–Trinajstić information content (AvgIpc) is 2.61. The van der Waals surface area contributed by atoms with Gasteiger partial charge in [0.05, 0.1) is 13.0 Å². The van der Waals surface area contributed by atoms with Crippen LogP contribution in [-0.4, -0.2) is 68.0 Å². The fraction of sp³-hybridized carbons (Fsp3) is 0.619. The Morgan fingerprint density at radius 2 is 1.85 bits per heavy atom. The molecule has 0 unspecified atom stereocenters. The van der Waals surface area contributed by atoms with Gasteiger partial charge in [-0.2, -0.15) is 0 Å². The predicted molar refractivity (Wildman–Crippen MR) is 105 cm³/mol. The number of carbonyl (C=O) groups excluding carboxylic acids is 2. The summed E-state index contributed by atoms with van der Waals surface area (Å²) in [5.41, 5.74) is 1.08. The lowest BCUT2D eigenvalue weighted by Crippen LogP contribution is -2.58. The maximum atomic E-state index is 12.6. The van der Waals surface area contributed by atoms with Crippen molar-refractivity contribution in [3.8, 4) is 5.75 Å². The molecule has 1 N–H and O–H groups in total. The van der Waals surface area contributed by atoms with E-state index in [1.807, 2.05) is 36.1 Å². The number of nitrogens with one attached hydrogen (secondary N) is 1. The first kappa shape index (κ1) is 19.7. The number of hydrogen-bond acceptors (Lipinski definition) is 4. The number of rotatable bonds is 6. The van der Waals surface area contributed by atoms with Crippen molar-refractivity contribution in [1.29, 1.82) is 0 Å². The zero-order valence-electron chi connectivity index (χ0n) is 16.6. The smallest absolute Gasteiger partial charge is 0.226 e. The average molecular weight is 373 g/mol. The lowest BCUT2D eigenvalue weighted by atomic mass is 9.91. The Kier molecular flexibility index (Phi) is 6.37. The summed E-state index contributed by atoms with van der Waals surface area (Å²) in [4.78, 5) is 29.1. The Hall–Kier alpha value is -2.08. The molecule has 0 bridgehead atoms. The quantitative estimate of drug-likeness (QED) is 0.822. The molecule has 2 aliphatic heterocycles. The molecule has 6 heteroatoms. The lowest BCUT2D eigenvalue weighted by molar-refractivity contribution is -0.147. The van der Waals surface area contributed by atoms with Crippen molar-refractivity contribution in [1.82, 2.24) is 15.1 Å². The van der Waals surface area contributed by atoms with E-state index < -0.39 is 0 Å². The van der Waals surface area contributed by atoms with Gasteiger partial charge in [-0.05, 0) is 58.0 Å². The minimum atomic E-state index is -0.0830. The SMILES string of the molecule is COc1ccccc1C[C@@H](C)NC(=O)C1CN(C(=O)C2CCN(C)CC2)C1. The fourth-order valence-electron chi connectivity index (χ4n) is 3.95. The molecule has 1 aromatic rings. The normalized spacial score (nSPS) is 20.0. The largest absolute Gasteiger partial charge is 0.496 e. The van der Waals surface area contributed by atoms with Gasteiger partial charge >= 0.3 is 0 Å². The maximum Gasteiger partial charge on any atom is 0.226 e. The van der Waals surface area contributed by atoms with Gasteiger partial charge in [0.15, 0.2) is 0 Å². The molecule has 1 aromatic carbocycles. The van der Waals surface area contributed by atoms with Crippen molar-refractivity contribution >= 4 is 11.8 Å². The molecule has 27 heavy (non-hydrogen) atoms. The molecule has 0 aliphatic carbocycles. The third-order valence-electron chi connectivity index (χ3n) is 5.74. The Balaban J connectivity index is 1.43. The fourth-order valence-corrected chi connectivity index (χ4v) is 3.95. The number of amides is 2. The van der Waals surface area contributed by atoms with Gasteiger partial charge in [0, 0.05) is 25.0 Å². The number of likely N-dealkylation sites (tertiary alicyclic amines) is 2. The van der Waals surface area contributed by atoms with Crippen LogP contribution in [0.3, 0.4) is 0 Å². The van der Waals surface area contributed by atoms with Gasteiger partial charge in [0.2, 0.25) is 11.8 Å². The molecule has 0 aromatic heterocycles. The van der Waals surface area contributed by atoms with Crippen molar-refractivity contribution in [3.05, 3.63) is 29.8 Å². The molecule has 6 nitrogen and oxygen atoms in total. The number of piperidine rings is 1. The van der Waals surface area contributed by atoms with Crippen molar-refractivity contribution < 1.29 is 14.3 Å². The van der Waals surface area contributed by atoms with E-state index in [1.165, 1.54) is 0 Å². The highest BCUT2D eigenvalue weighted by atomic mass is 16.5. The van der Waals surface area contributed by atoms with Crippen LogP contribution in [-0.2, 0) is 16.0 Å². The Morgan fingerprint density at radius 1 is 1.19 bits per heavy atom. The number of ether oxygens (including phenoxy) is 1. The molecule has 2 aliphatic rings. The molecule has 2 heterocycles. The number of nitrogens with zero attached hydrogens (tertiary/aromatic N) is 2. The standard InChI is InChI=1S/C21H31N3O3/c1-15(12-17-6-4-5-7-19(17)27-3)22-20(25)18-13-24(14-18)21(26)16-8-10-23(2)11-9-16/h4-7,15-16,18H,8-14H2,1-3H3,(H,22,25)/t15-/m1/s1. The highest BCUT2D eigenvalue weighted by Gasteiger charge is 2.39. The second-order valence-electron chi connectivity index (χ2n) is 7.94. The Labute approximate surface area is 161 Å². The van der Waals surface area contributed by atoms with E-state index >= 15 is 0 Å². The minimum Gasteiger partial charge on any atom is -0.496 e. The molecule has 2 amide bonds.